The summed E-state index contributed by atoms with van der Waals surface area (Å²) in [6, 6.07) is 4.91. The molecule has 0 aliphatic heterocycles. The Morgan fingerprint density at radius 2 is 2.22 bits per heavy atom. The third-order valence-corrected chi connectivity index (χ3v) is 2.83. The highest BCUT2D eigenvalue weighted by Gasteiger charge is 2.08. The van der Waals surface area contributed by atoms with E-state index in [4.69, 9.17) is 0 Å². The second-order valence-electron chi connectivity index (χ2n) is 4.38. The Balaban J connectivity index is 2.29. The van der Waals surface area contributed by atoms with Crippen LogP contribution in [-0.4, -0.2) is 16.3 Å². The van der Waals surface area contributed by atoms with E-state index in [0.29, 0.717) is 0 Å². The first-order valence-corrected chi connectivity index (χ1v) is 6.19. The van der Waals surface area contributed by atoms with Crippen molar-refractivity contribution < 1.29 is 4.39 Å². The number of nitrogens with zero attached hydrogens (tertiary/aromatic N) is 2. The van der Waals surface area contributed by atoms with Gasteiger partial charge in [0.2, 0.25) is 0 Å². The fourth-order valence-corrected chi connectivity index (χ4v) is 1.93. The number of aromatic nitrogens is 2. The Kier molecular flexibility index (Phi) is 4.10. The molecule has 2 aromatic rings. The molecule has 1 aromatic heterocycles. The highest BCUT2D eigenvalue weighted by molar-refractivity contribution is 5.66. The first-order valence-electron chi connectivity index (χ1n) is 6.19. The summed E-state index contributed by atoms with van der Waals surface area (Å²) < 4.78 is 15.1. The molecule has 0 spiro atoms. The van der Waals surface area contributed by atoms with E-state index in [1.54, 1.807) is 16.9 Å². The van der Waals surface area contributed by atoms with Crippen molar-refractivity contribution in [3.05, 3.63) is 42.0 Å². The van der Waals surface area contributed by atoms with Gasteiger partial charge in [-0.05, 0) is 36.2 Å². The molecule has 96 valence electrons. The molecule has 0 aliphatic carbocycles. The van der Waals surface area contributed by atoms with E-state index in [2.05, 4.69) is 17.3 Å². The molecule has 2 rings (SSSR count). The minimum atomic E-state index is -0.215. The lowest BCUT2D eigenvalue weighted by Gasteiger charge is -2.09. The highest BCUT2D eigenvalue weighted by Crippen LogP contribution is 2.24. The maximum atomic E-state index is 13.4. The van der Waals surface area contributed by atoms with E-state index in [0.717, 1.165) is 36.2 Å². The number of hydrogen-bond acceptors (Lipinski definition) is 2. The second kappa shape index (κ2) is 5.78. The molecule has 1 aromatic carbocycles. The van der Waals surface area contributed by atoms with Crippen molar-refractivity contribution in [2.45, 2.75) is 19.9 Å². The summed E-state index contributed by atoms with van der Waals surface area (Å²) in [6.45, 7) is 3.84. The minimum absolute atomic E-state index is 0.215. The Bertz CT molecular complexity index is 520. The zero-order chi connectivity index (χ0) is 13.0. The zero-order valence-electron chi connectivity index (χ0n) is 10.8. The number of aryl methyl sites for hydroxylation is 1. The van der Waals surface area contributed by atoms with E-state index >= 15 is 0 Å². The molecular formula is C14H18FN3. The Morgan fingerprint density at radius 3 is 2.89 bits per heavy atom. The molecule has 1 N–H and O–H groups in total. The highest BCUT2D eigenvalue weighted by atomic mass is 19.1. The molecule has 0 unspecified atom stereocenters. The summed E-state index contributed by atoms with van der Waals surface area (Å²) in [5, 5.41) is 7.47. The van der Waals surface area contributed by atoms with Crippen molar-refractivity contribution in [2.24, 2.45) is 7.05 Å². The van der Waals surface area contributed by atoms with Crippen LogP contribution in [0.2, 0.25) is 0 Å². The summed E-state index contributed by atoms with van der Waals surface area (Å²) >= 11 is 0. The fourth-order valence-electron chi connectivity index (χ4n) is 1.93. The van der Waals surface area contributed by atoms with E-state index in [9.17, 15) is 4.39 Å². The summed E-state index contributed by atoms with van der Waals surface area (Å²) in [5.74, 6) is -0.215. The molecule has 0 fully saturated rings. The average molecular weight is 247 g/mol. The van der Waals surface area contributed by atoms with Crippen molar-refractivity contribution in [1.29, 1.82) is 0 Å². The van der Waals surface area contributed by atoms with Crippen molar-refractivity contribution in [3.8, 4) is 11.1 Å². The number of benzene rings is 1. The van der Waals surface area contributed by atoms with Gasteiger partial charge in [-0.3, -0.25) is 4.68 Å². The first-order chi connectivity index (χ1) is 8.70. The van der Waals surface area contributed by atoms with Crippen molar-refractivity contribution in [1.82, 2.24) is 15.1 Å². The van der Waals surface area contributed by atoms with Gasteiger partial charge in [0.1, 0.15) is 5.82 Å². The zero-order valence-corrected chi connectivity index (χ0v) is 10.8. The number of halogens is 1. The van der Waals surface area contributed by atoms with E-state index in [1.165, 1.54) is 6.07 Å². The third kappa shape index (κ3) is 2.96. The lowest BCUT2D eigenvalue weighted by molar-refractivity contribution is 0.625. The second-order valence-corrected chi connectivity index (χ2v) is 4.38. The predicted molar refractivity (Wildman–Crippen MR) is 70.6 cm³/mol. The summed E-state index contributed by atoms with van der Waals surface area (Å²) in [5.41, 5.74) is 2.95. The van der Waals surface area contributed by atoms with E-state index in [1.807, 2.05) is 19.3 Å². The smallest absolute Gasteiger partial charge is 0.123 e. The van der Waals surface area contributed by atoms with Gasteiger partial charge in [0.15, 0.2) is 0 Å². The van der Waals surface area contributed by atoms with Crippen molar-refractivity contribution in [2.75, 3.05) is 6.54 Å². The largest absolute Gasteiger partial charge is 0.313 e. The van der Waals surface area contributed by atoms with Crippen LogP contribution in [0, 0.1) is 5.82 Å². The van der Waals surface area contributed by atoms with Gasteiger partial charge in [0, 0.05) is 25.4 Å². The Labute approximate surface area is 107 Å². The summed E-state index contributed by atoms with van der Waals surface area (Å²) in [7, 11) is 1.86. The van der Waals surface area contributed by atoms with Crippen LogP contribution in [0.4, 0.5) is 4.39 Å². The van der Waals surface area contributed by atoms with Gasteiger partial charge in [-0.2, -0.15) is 5.10 Å². The molecule has 0 amide bonds. The standard InChI is InChI=1S/C14H18FN3/c1-3-6-16-8-11-4-5-13(15)7-14(11)12-9-17-18(2)10-12/h4-5,7,9-10,16H,3,6,8H2,1-2H3. The molecule has 0 saturated carbocycles. The quantitative estimate of drug-likeness (QED) is 0.823. The van der Waals surface area contributed by atoms with Crippen LogP contribution >= 0.6 is 0 Å². The Morgan fingerprint density at radius 1 is 1.39 bits per heavy atom. The van der Waals surface area contributed by atoms with Crippen molar-refractivity contribution >= 4 is 0 Å². The monoisotopic (exact) mass is 247 g/mol. The van der Waals surface area contributed by atoms with Gasteiger partial charge in [-0.15, -0.1) is 0 Å². The molecule has 0 saturated heterocycles. The number of rotatable bonds is 5. The lowest BCUT2D eigenvalue weighted by atomic mass is 10.0. The average Bonchev–Trinajstić information content (AvgIpc) is 2.78. The molecule has 0 bridgehead atoms. The minimum Gasteiger partial charge on any atom is -0.313 e. The van der Waals surface area contributed by atoms with Crippen LogP contribution in [-0.2, 0) is 13.6 Å². The van der Waals surface area contributed by atoms with Crippen LogP contribution in [0.1, 0.15) is 18.9 Å². The van der Waals surface area contributed by atoms with Crippen LogP contribution in [0.25, 0.3) is 11.1 Å². The molecule has 0 atom stereocenters. The topological polar surface area (TPSA) is 29.9 Å². The first kappa shape index (κ1) is 12.8. The molecule has 0 radical (unpaired) electrons. The lowest BCUT2D eigenvalue weighted by Crippen LogP contribution is -2.14. The summed E-state index contributed by atoms with van der Waals surface area (Å²) in [4.78, 5) is 0. The molecule has 1 heterocycles. The SMILES string of the molecule is CCCNCc1ccc(F)cc1-c1cnn(C)c1. The van der Waals surface area contributed by atoms with E-state index < -0.39 is 0 Å². The van der Waals surface area contributed by atoms with Gasteiger partial charge in [-0.1, -0.05) is 13.0 Å². The van der Waals surface area contributed by atoms with Gasteiger partial charge < -0.3 is 5.32 Å². The number of hydrogen-bond donors (Lipinski definition) is 1. The maximum Gasteiger partial charge on any atom is 0.123 e. The van der Waals surface area contributed by atoms with Gasteiger partial charge >= 0.3 is 0 Å². The summed E-state index contributed by atoms with van der Waals surface area (Å²) in [6.07, 6.45) is 4.75. The molecule has 18 heavy (non-hydrogen) atoms. The normalized spacial score (nSPS) is 10.8. The van der Waals surface area contributed by atoms with Crippen LogP contribution in [0.5, 0.6) is 0 Å². The Hall–Kier alpha value is -1.68. The van der Waals surface area contributed by atoms with Crippen LogP contribution in [0.15, 0.2) is 30.6 Å². The van der Waals surface area contributed by atoms with Crippen molar-refractivity contribution in [3.63, 3.8) is 0 Å². The van der Waals surface area contributed by atoms with Crippen LogP contribution < -0.4 is 5.32 Å². The molecule has 3 nitrogen and oxygen atoms in total. The van der Waals surface area contributed by atoms with Gasteiger partial charge in [-0.25, -0.2) is 4.39 Å². The van der Waals surface area contributed by atoms with Gasteiger partial charge in [0.25, 0.3) is 0 Å². The molecule has 4 heteroatoms. The molecular weight excluding hydrogens is 229 g/mol. The maximum absolute atomic E-state index is 13.4. The third-order valence-electron chi connectivity index (χ3n) is 2.83. The molecule has 0 aliphatic rings. The predicted octanol–water partition coefficient (Wildman–Crippen LogP) is 2.73. The van der Waals surface area contributed by atoms with Crippen LogP contribution in [0.3, 0.4) is 0 Å². The number of nitrogens with one attached hydrogen (secondary N) is 1. The van der Waals surface area contributed by atoms with E-state index in [-0.39, 0.29) is 5.82 Å². The van der Waals surface area contributed by atoms with Gasteiger partial charge in [0.05, 0.1) is 6.20 Å². The fraction of sp³-hybridized carbons (Fsp3) is 0.357.